The van der Waals surface area contributed by atoms with E-state index in [0.717, 1.165) is 18.7 Å². The molecule has 1 N–H and O–H groups in total. The van der Waals surface area contributed by atoms with Gasteiger partial charge in [-0.3, -0.25) is 9.89 Å². The summed E-state index contributed by atoms with van der Waals surface area (Å²) in [6.45, 7) is 1.82. The Bertz CT molecular complexity index is 697. The molecule has 134 valence electrons. The summed E-state index contributed by atoms with van der Waals surface area (Å²) in [5, 5.41) is 7.47. The van der Waals surface area contributed by atoms with E-state index in [0.29, 0.717) is 17.5 Å². The van der Waals surface area contributed by atoms with Crippen LogP contribution in [0.15, 0.2) is 5.16 Å². The monoisotopic (exact) mass is 372 g/mol. The molecular weight excluding hydrogens is 348 g/mol. The van der Waals surface area contributed by atoms with Gasteiger partial charge in [0.1, 0.15) is 5.82 Å². The van der Waals surface area contributed by atoms with Crippen molar-refractivity contribution in [2.45, 2.75) is 61.4 Å². The third-order valence-electron chi connectivity index (χ3n) is 4.96. The van der Waals surface area contributed by atoms with E-state index in [9.17, 15) is 13.2 Å². The first-order valence-corrected chi connectivity index (χ1v) is 11.1. The number of carbonyl (C=O) groups excluding carboxylic acids is 1. The Balaban J connectivity index is 1.58. The molecule has 24 heavy (non-hydrogen) atoms. The molecule has 1 saturated carbocycles. The number of hydrogen-bond acceptors (Lipinski definition) is 6. The molecule has 9 heteroatoms. The van der Waals surface area contributed by atoms with Gasteiger partial charge in [-0.15, -0.1) is 5.10 Å². The van der Waals surface area contributed by atoms with Gasteiger partial charge < -0.3 is 4.90 Å². The number of nitrogens with one attached hydrogen (secondary N) is 1. The molecule has 1 amide bonds. The second-order valence-corrected chi connectivity index (χ2v) is 10.3. The smallest absolute Gasteiger partial charge is 0.235 e. The normalized spacial score (nSPS) is 25.0. The Morgan fingerprint density at radius 1 is 1.33 bits per heavy atom. The number of thioether (sulfide) groups is 1. The molecule has 2 heterocycles. The van der Waals surface area contributed by atoms with Crippen LogP contribution in [0.25, 0.3) is 0 Å². The lowest BCUT2D eigenvalue weighted by molar-refractivity contribution is -0.130. The molecular formula is C15H24N4O3S2. The molecule has 2 unspecified atom stereocenters. The van der Waals surface area contributed by atoms with Gasteiger partial charge in [0.05, 0.1) is 16.8 Å². The van der Waals surface area contributed by atoms with Crippen LogP contribution in [0, 0.1) is 0 Å². The van der Waals surface area contributed by atoms with Crippen molar-refractivity contribution >= 4 is 27.5 Å². The van der Waals surface area contributed by atoms with Gasteiger partial charge in [-0.2, -0.15) is 0 Å². The number of aromatic nitrogens is 3. The minimum Gasteiger partial charge on any atom is -0.341 e. The summed E-state index contributed by atoms with van der Waals surface area (Å²) >= 11 is 1.32. The zero-order valence-corrected chi connectivity index (χ0v) is 15.7. The third kappa shape index (κ3) is 3.93. The average molecular weight is 373 g/mol. The van der Waals surface area contributed by atoms with Crippen molar-refractivity contribution < 1.29 is 13.2 Å². The molecule has 0 radical (unpaired) electrons. The summed E-state index contributed by atoms with van der Waals surface area (Å²) in [4.78, 5) is 18.7. The van der Waals surface area contributed by atoms with Crippen LogP contribution in [0.5, 0.6) is 0 Å². The number of rotatable bonds is 5. The number of hydrogen-bond donors (Lipinski definition) is 1. The van der Waals surface area contributed by atoms with Crippen LogP contribution >= 0.6 is 11.8 Å². The molecule has 2 aliphatic rings. The zero-order chi connectivity index (χ0) is 17.3. The van der Waals surface area contributed by atoms with E-state index in [1.165, 1.54) is 24.6 Å². The van der Waals surface area contributed by atoms with Gasteiger partial charge in [0.2, 0.25) is 11.1 Å². The highest BCUT2D eigenvalue weighted by molar-refractivity contribution is 8.00. The maximum Gasteiger partial charge on any atom is 0.235 e. The third-order valence-corrected chi connectivity index (χ3v) is 7.66. The fourth-order valence-corrected chi connectivity index (χ4v) is 6.06. The van der Waals surface area contributed by atoms with Gasteiger partial charge in [-0.05, 0) is 26.2 Å². The van der Waals surface area contributed by atoms with E-state index in [2.05, 4.69) is 15.2 Å². The van der Waals surface area contributed by atoms with Crippen LogP contribution in [-0.4, -0.2) is 64.3 Å². The summed E-state index contributed by atoms with van der Waals surface area (Å²) in [6, 6.07) is -0.216. The highest BCUT2D eigenvalue weighted by atomic mass is 32.2. The van der Waals surface area contributed by atoms with Crippen molar-refractivity contribution in [2.75, 3.05) is 18.6 Å². The lowest BCUT2D eigenvalue weighted by atomic mass is 10.1. The predicted molar refractivity (Wildman–Crippen MR) is 92.7 cm³/mol. The van der Waals surface area contributed by atoms with Crippen LogP contribution < -0.4 is 0 Å². The van der Waals surface area contributed by atoms with Crippen molar-refractivity contribution in [2.24, 2.45) is 0 Å². The highest BCUT2D eigenvalue weighted by Crippen LogP contribution is 2.33. The lowest BCUT2D eigenvalue weighted by Gasteiger charge is -2.25. The Morgan fingerprint density at radius 2 is 2.04 bits per heavy atom. The standard InChI is InChI=1S/C15H24N4O3S2/c1-10(14(20)19(2)12-7-8-24(21,22)9-12)23-15-16-13(17-18-15)11-5-3-4-6-11/h10-12H,3-9H2,1-2H3,(H,16,17,18). The summed E-state index contributed by atoms with van der Waals surface area (Å²) in [7, 11) is -1.31. The second-order valence-electron chi connectivity index (χ2n) is 6.75. The van der Waals surface area contributed by atoms with E-state index in [-0.39, 0.29) is 28.7 Å². The minimum atomic E-state index is -3.00. The summed E-state index contributed by atoms with van der Waals surface area (Å²) < 4.78 is 23.2. The van der Waals surface area contributed by atoms with Gasteiger partial charge in [0, 0.05) is 19.0 Å². The SMILES string of the molecule is CC(Sc1n[nH]c(C2CCCC2)n1)C(=O)N(C)C1CCS(=O)(=O)C1. The number of sulfone groups is 1. The highest BCUT2D eigenvalue weighted by Gasteiger charge is 2.34. The van der Waals surface area contributed by atoms with E-state index in [1.54, 1.807) is 11.9 Å². The Labute approximate surface area is 146 Å². The predicted octanol–water partition coefficient (Wildman–Crippen LogP) is 1.59. The number of carbonyl (C=O) groups is 1. The van der Waals surface area contributed by atoms with Gasteiger partial charge in [-0.1, -0.05) is 24.6 Å². The molecule has 7 nitrogen and oxygen atoms in total. The minimum absolute atomic E-state index is 0.0686. The molecule has 0 spiro atoms. The molecule has 1 aromatic rings. The quantitative estimate of drug-likeness (QED) is 0.789. The Kier molecular flexibility index (Phi) is 5.19. The maximum atomic E-state index is 12.6. The first-order chi connectivity index (χ1) is 11.4. The average Bonchev–Trinajstić information content (AvgIpc) is 3.25. The van der Waals surface area contributed by atoms with Crippen LogP contribution in [0.2, 0.25) is 0 Å². The van der Waals surface area contributed by atoms with Crippen LogP contribution in [0.3, 0.4) is 0 Å². The number of amides is 1. The largest absolute Gasteiger partial charge is 0.341 e. The van der Waals surface area contributed by atoms with E-state index >= 15 is 0 Å². The van der Waals surface area contributed by atoms with Gasteiger partial charge in [0.15, 0.2) is 9.84 Å². The fourth-order valence-electron chi connectivity index (χ4n) is 3.45. The Morgan fingerprint density at radius 3 is 2.67 bits per heavy atom. The Hall–Kier alpha value is -1.09. The van der Waals surface area contributed by atoms with Gasteiger partial charge in [-0.25, -0.2) is 13.4 Å². The van der Waals surface area contributed by atoms with Gasteiger partial charge >= 0.3 is 0 Å². The fraction of sp³-hybridized carbons (Fsp3) is 0.800. The molecule has 2 fully saturated rings. The molecule has 1 aliphatic carbocycles. The van der Waals surface area contributed by atoms with Gasteiger partial charge in [0.25, 0.3) is 0 Å². The molecule has 1 aromatic heterocycles. The number of H-pyrrole nitrogens is 1. The first-order valence-electron chi connectivity index (χ1n) is 8.42. The molecule has 0 bridgehead atoms. The second kappa shape index (κ2) is 7.03. The molecule has 2 atom stereocenters. The maximum absolute atomic E-state index is 12.6. The number of aromatic amines is 1. The van der Waals surface area contributed by atoms with Crippen molar-refractivity contribution in [3.8, 4) is 0 Å². The van der Waals surface area contributed by atoms with Crippen LogP contribution in [0.1, 0.15) is 50.8 Å². The molecule has 3 rings (SSSR count). The van der Waals surface area contributed by atoms with Crippen molar-refractivity contribution in [3.63, 3.8) is 0 Å². The topological polar surface area (TPSA) is 96.0 Å². The van der Waals surface area contributed by atoms with E-state index < -0.39 is 9.84 Å². The summed E-state index contributed by atoms with van der Waals surface area (Å²) in [6.07, 6.45) is 5.28. The van der Waals surface area contributed by atoms with Crippen LogP contribution in [0.4, 0.5) is 0 Å². The summed E-state index contributed by atoms with van der Waals surface area (Å²) in [5.74, 6) is 1.55. The lowest BCUT2D eigenvalue weighted by Crippen LogP contribution is -2.41. The van der Waals surface area contributed by atoms with E-state index in [1.807, 2.05) is 6.92 Å². The molecule has 1 aliphatic heterocycles. The summed E-state index contributed by atoms with van der Waals surface area (Å²) in [5.41, 5.74) is 0. The van der Waals surface area contributed by atoms with Crippen LogP contribution in [-0.2, 0) is 14.6 Å². The van der Waals surface area contributed by atoms with Crippen molar-refractivity contribution in [1.29, 1.82) is 0 Å². The first kappa shape index (κ1) is 17.7. The zero-order valence-electron chi connectivity index (χ0n) is 14.1. The number of nitrogens with zero attached hydrogens (tertiary/aromatic N) is 3. The van der Waals surface area contributed by atoms with Crippen molar-refractivity contribution in [1.82, 2.24) is 20.1 Å². The van der Waals surface area contributed by atoms with Crippen molar-refractivity contribution in [3.05, 3.63) is 5.82 Å². The molecule has 1 saturated heterocycles. The molecule has 0 aromatic carbocycles. The van der Waals surface area contributed by atoms with E-state index in [4.69, 9.17) is 0 Å².